The van der Waals surface area contributed by atoms with Crippen molar-refractivity contribution in [3.63, 3.8) is 0 Å². The highest BCUT2D eigenvalue weighted by Crippen LogP contribution is 2.24. The minimum absolute atomic E-state index is 0.0479. The second-order valence-electron chi connectivity index (χ2n) is 4.77. The van der Waals surface area contributed by atoms with Crippen LogP contribution in [0.25, 0.3) is 0 Å². The first-order chi connectivity index (χ1) is 8.68. The van der Waals surface area contributed by atoms with Crippen molar-refractivity contribution in [1.29, 1.82) is 0 Å². The van der Waals surface area contributed by atoms with Gasteiger partial charge in [0.2, 0.25) is 5.91 Å². The molecule has 0 aromatic carbocycles. The van der Waals surface area contributed by atoms with E-state index in [9.17, 15) is 9.59 Å². The highest BCUT2D eigenvalue weighted by molar-refractivity contribution is 7.99. The molecule has 2 atom stereocenters. The quantitative estimate of drug-likeness (QED) is 0.825. The Morgan fingerprint density at radius 3 is 2.94 bits per heavy atom. The summed E-state index contributed by atoms with van der Waals surface area (Å²) in [4.78, 5) is 25.0. The van der Waals surface area contributed by atoms with Gasteiger partial charge in [0.1, 0.15) is 0 Å². The van der Waals surface area contributed by atoms with Crippen LogP contribution in [0.3, 0.4) is 0 Å². The van der Waals surface area contributed by atoms with Crippen LogP contribution < -0.4 is 0 Å². The summed E-state index contributed by atoms with van der Waals surface area (Å²) in [6, 6.07) is -0.157. The molecule has 2 rings (SSSR count). The normalized spacial score (nSPS) is 29.0. The molecule has 0 aromatic heterocycles. The van der Waals surface area contributed by atoms with Gasteiger partial charge in [-0.2, -0.15) is 11.8 Å². The highest BCUT2D eigenvalue weighted by atomic mass is 32.2. The molecule has 0 spiro atoms. The van der Waals surface area contributed by atoms with Gasteiger partial charge in [-0.15, -0.1) is 0 Å². The molecule has 0 aliphatic carbocycles. The van der Waals surface area contributed by atoms with E-state index in [1.54, 1.807) is 16.7 Å². The zero-order valence-electron chi connectivity index (χ0n) is 10.3. The Morgan fingerprint density at radius 1 is 1.44 bits per heavy atom. The van der Waals surface area contributed by atoms with E-state index in [4.69, 9.17) is 9.84 Å². The van der Waals surface area contributed by atoms with Crippen LogP contribution in [0.15, 0.2) is 0 Å². The van der Waals surface area contributed by atoms with Crippen molar-refractivity contribution in [2.75, 3.05) is 31.3 Å². The molecular formula is C12H19NO4S. The van der Waals surface area contributed by atoms with E-state index in [1.165, 1.54) is 0 Å². The number of thioether (sulfide) groups is 1. The summed E-state index contributed by atoms with van der Waals surface area (Å²) in [5.74, 6) is 0.806. The first kappa shape index (κ1) is 13.7. The van der Waals surface area contributed by atoms with Gasteiger partial charge in [0, 0.05) is 24.7 Å². The minimum Gasteiger partial charge on any atom is -0.481 e. The standard InChI is InChI=1S/C12H19NO4S/c14-11(15)6-10-8-18-5-3-13(10)12(16)9-2-1-4-17-7-9/h9-10H,1-8H2,(H,14,15). The lowest BCUT2D eigenvalue weighted by molar-refractivity contribution is -0.144. The average molecular weight is 273 g/mol. The molecular weight excluding hydrogens is 254 g/mol. The number of carbonyl (C=O) groups is 2. The third-order valence-electron chi connectivity index (χ3n) is 3.43. The van der Waals surface area contributed by atoms with Crippen molar-refractivity contribution >= 4 is 23.6 Å². The Labute approximate surface area is 111 Å². The number of amides is 1. The fraction of sp³-hybridized carbons (Fsp3) is 0.833. The summed E-state index contributed by atoms with van der Waals surface area (Å²) < 4.78 is 5.34. The third-order valence-corrected chi connectivity index (χ3v) is 4.52. The van der Waals surface area contributed by atoms with Crippen LogP contribution in [0.1, 0.15) is 19.3 Å². The van der Waals surface area contributed by atoms with E-state index < -0.39 is 5.97 Å². The van der Waals surface area contributed by atoms with Crippen molar-refractivity contribution in [2.24, 2.45) is 5.92 Å². The van der Waals surface area contributed by atoms with Gasteiger partial charge in [-0.05, 0) is 12.8 Å². The summed E-state index contributed by atoms with van der Waals surface area (Å²) >= 11 is 1.72. The molecule has 2 aliphatic rings. The van der Waals surface area contributed by atoms with Crippen LogP contribution in [0.4, 0.5) is 0 Å². The largest absolute Gasteiger partial charge is 0.481 e. The first-order valence-electron chi connectivity index (χ1n) is 6.36. The van der Waals surface area contributed by atoms with Gasteiger partial charge in [0.05, 0.1) is 25.0 Å². The molecule has 2 unspecified atom stereocenters. The molecule has 6 heteroatoms. The van der Waals surface area contributed by atoms with Gasteiger partial charge in [-0.3, -0.25) is 9.59 Å². The lowest BCUT2D eigenvalue weighted by Crippen LogP contribution is -2.50. The third kappa shape index (κ3) is 3.38. The van der Waals surface area contributed by atoms with Crippen LogP contribution in [-0.4, -0.2) is 59.2 Å². The van der Waals surface area contributed by atoms with Gasteiger partial charge in [-0.25, -0.2) is 0 Å². The number of nitrogens with zero attached hydrogens (tertiary/aromatic N) is 1. The van der Waals surface area contributed by atoms with Crippen molar-refractivity contribution < 1.29 is 19.4 Å². The number of carbonyl (C=O) groups excluding carboxylic acids is 1. The average Bonchev–Trinajstić information content (AvgIpc) is 2.39. The summed E-state index contributed by atoms with van der Waals surface area (Å²) in [5, 5.41) is 8.90. The zero-order chi connectivity index (χ0) is 13.0. The Kier molecular flexibility index (Phi) is 4.88. The molecule has 1 N–H and O–H groups in total. The molecule has 0 saturated carbocycles. The van der Waals surface area contributed by atoms with Crippen LogP contribution in [0.5, 0.6) is 0 Å². The number of aliphatic carboxylic acids is 1. The van der Waals surface area contributed by atoms with Crippen molar-refractivity contribution in [1.82, 2.24) is 4.90 Å². The SMILES string of the molecule is O=C(O)CC1CSCCN1C(=O)C1CCCOC1. The van der Waals surface area contributed by atoms with Gasteiger partial charge < -0.3 is 14.7 Å². The van der Waals surface area contributed by atoms with Gasteiger partial charge in [-0.1, -0.05) is 0 Å². The lowest BCUT2D eigenvalue weighted by Gasteiger charge is -2.37. The number of ether oxygens (including phenoxy) is 1. The summed E-state index contributed by atoms with van der Waals surface area (Å²) in [6.45, 7) is 1.89. The Hall–Kier alpha value is -0.750. The van der Waals surface area contributed by atoms with Gasteiger partial charge >= 0.3 is 5.97 Å². The number of rotatable bonds is 3. The molecule has 2 aliphatic heterocycles. The second kappa shape index (κ2) is 6.43. The van der Waals surface area contributed by atoms with E-state index in [-0.39, 0.29) is 24.3 Å². The number of hydrogen-bond donors (Lipinski definition) is 1. The maximum atomic E-state index is 12.4. The molecule has 2 heterocycles. The smallest absolute Gasteiger partial charge is 0.305 e. The predicted octanol–water partition coefficient (Wildman–Crippen LogP) is 0.832. The summed E-state index contributed by atoms with van der Waals surface area (Å²) in [7, 11) is 0. The van der Waals surface area contributed by atoms with Crippen molar-refractivity contribution in [2.45, 2.75) is 25.3 Å². The zero-order valence-corrected chi connectivity index (χ0v) is 11.2. The van der Waals surface area contributed by atoms with Gasteiger partial charge in [0.25, 0.3) is 0 Å². The molecule has 1 amide bonds. The van der Waals surface area contributed by atoms with E-state index >= 15 is 0 Å². The van der Waals surface area contributed by atoms with E-state index in [1.807, 2.05) is 0 Å². The maximum absolute atomic E-state index is 12.4. The van der Waals surface area contributed by atoms with Crippen LogP contribution in [-0.2, 0) is 14.3 Å². The first-order valence-corrected chi connectivity index (χ1v) is 7.51. The van der Waals surface area contributed by atoms with Crippen LogP contribution in [0, 0.1) is 5.92 Å². The minimum atomic E-state index is -0.833. The molecule has 2 fully saturated rings. The van der Waals surface area contributed by atoms with Crippen LogP contribution >= 0.6 is 11.8 Å². The fourth-order valence-corrected chi connectivity index (χ4v) is 3.55. The van der Waals surface area contributed by atoms with Gasteiger partial charge in [0.15, 0.2) is 0 Å². The lowest BCUT2D eigenvalue weighted by atomic mass is 9.99. The number of carboxylic acids is 1. The van der Waals surface area contributed by atoms with Crippen molar-refractivity contribution in [3.05, 3.63) is 0 Å². The predicted molar refractivity (Wildman–Crippen MR) is 68.6 cm³/mol. The molecule has 102 valence electrons. The Balaban J connectivity index is 1.98. The summed E-state index contributed by atoms with van der Waals surface area (Å²) in [6.07, 6.45) is 1.83. The maximum Gasteiger partial charge on any atom is 0.305 e. The van der Waals surface area contributed by atoms with Crippen molar-refractivity contribution in [3.8, 4) is 0 Å². The monoisotopic (exact) mass is 273 g/mol. The molecule has 5 nitrogen and oxygen atoms in total. The Bertz CT molecular complexity index is 317. The van der Waals surface area contributed by atoms with Crippen LogP contribution in [0.2, 0.25) is 0 Å². The Morgan fingerprint density at radius 2 is 2.28 bits per heavy atom. The molecule has 0 bridgehead atoms. The van der Waals surface area contributed by atoms with E-state index in [2.05, 4.69) is 0 Å². The molecule has 2 saturated heterocycles. The fourth-order valence-electron chi connectivity index (χ4n) is 2.49. The van der Waals surface area contributed by atoms with E-state index in [0.29, 0.717) is 13.2 Å². The summed E-state index contributed by atoms with van der Waals surface area (Å²) in [5.41, 5.74) is 0. The molecule has 0 aromatic rings. The highest BCUT2D eigenvalue weighted by Gasteiger charge is 2.33. The number of carboxylic acid groups (broad SMARTS) is 1. The topological polar surface area (TPSA) is 66.8 Å². The number of hydrogen-bond acceptors (Lipinski definition) is 4. The van der Waals surface area contributed by atoms with E-state index in [0.717, 1.165) is 31.0 Å². The molecule has 18 heavy (non-hydrogen) atoms. The molecule has 0 radical (unpaired) electrons. The second-order valence-corrected chi connectivity index (χ2v) is 5.92.